The van der Waals surface area contributed by atoms with Gasteiger partial charge in [-0.05, 0) is 12.1 Å². The second kappa shape index (κ2) is 5.08. The van der Waals surface area contributed by atoms with Gasteiger partial charge in [0.2, 0.25) is 0 Å². The number of hydrogen-bond donors (Lipinski definition) is 0. The van der Waals surface area contributed by atoms with Crippen LogP contribution in [-0.2, 0) is 11.3 Å². The number of methoxy groups -OCH3 is 1. The van der Waals surface area contributed by atoms with E-state index in [-0.39, 0.29) is 0 Å². The SMILES string of the molecule is COC(=O)c1nn(Cc2ncccn2)c2ccccc12. The number of aromatic nitrogens is 4. The van der Waals surface area contributed by atoms with Crippen molar-refractivity contribution in [2.75, 3.05) is 7.11 Å². The molecule has 0 atom stereocenters. The van der Waals surface area contributed by atoms with E-state index in [4.69, 9.17) is 4.74 Å². The standard InChI is InChI=1S/C14H12N4O2/c1-20-14(19)13-10-5-2-3-6-11(10)18(17-13)9-12-15-7-4-8-16-12/h2-8H,9H2,1H3. The molecule has 20 heavy (non-hydrogen) atoms. The maximum atomic E-state index is 11.8. The van der Waals surface area contributed by atoms with Crippen LogP contribution in [0, 0.1) is 0 Å². The summed E-state index contributed by atoms with van der Waals surface area (Å²) in [5.74, 6) is 0.186. The minimum atomic E-state index is -0.450. The fourth-order valence-electron chi connectivity index (χ4n) is 2.04. The number of carbonyl (C=O) groups excluding carboxylic acids is 1. The minimum absolute atomic E-state index is 0.305. The second-order valence-corrected chi connectivity index (χ2v) is 4.18. The molecule has 0 saturated heterocycles. The monoisotopic (exact) mass is 268 g/mol. The summed E-state index contributed by atoms with van der Waals surface area (Å²) >= 11 is 0. The van der Waals surface area contributed by atoms with E-state index in [1.807, 2.05) is 24.3 Å². The number of rotatable bonds is 3. The van der Waals surface area contributed by atoms with E-state index >= 15 is 0 Å². The topological polar surface area (TPSA) is 69.9 Å². The lowest BCUT2D eigenvalue weighted by Gasteiger charge is -2.01. The molecule has 0 bridgehead atoms. The number of hydrogen-bond acceptors (Lipinski definition) is 5. The molecule has 2 heterocycles. The Labute approximate surface area is 115 Å². The molecule has 0 saturated carbocycles. The van der Waals surface area contributed by atoms with E-state index in [1.54, 1.807) is 23.1 Å². The summed E-state index contributed by atoms with van der Waals surface area (Å²) in [6.45, 7) is 0.401. The predicted octanol–water partition coefficient (Wildman–Crippen LogP) is 1.66. The van der Waals surface area contributed by atoms with Crippen molar-refractivity contribution in [2.45, 2.75) is 6.54 Å². The average molecular weight is 268 g/mol. The molecule has 6 heteroatoms. The van der Waals surface area contributed by atoms with Gasteiger partial charge in [-0.2, -0.15) is 5.10 Å². The maximum Gasteiger partial charge on any atom is 0.359 e. The molecule has 0 fully saturated rings. The summed E-state index contributed by atoms with van der Waals surface area (Å²) in [5.41, 5.74) is 1.15. The van der Waals surface area contributed by atoms with Crippen LogP contribution in [0.1, 0.15) is 16.3 Å². The first kappa shape index (κ1) is 12.3. The van der Waals surface area contributed by atoms with Crippen molar-refractivity contribution >= 4 is 16.9 Å². The first-order chi connectivity index (χ1) is 9.79. The molecule has 0 aliphatic heterocycles. The molecule has 0 amide bonds. The third-order valence-electron chi connectivity index (χ3n) is 2.95. The highest BCUT2D eigenvalue weighted by molar-refractivity contribution is 6.02. The fraction of sp³-hybridized carbons (Fsp3) is 0.143. The third kappa shape index (κ3) is 2.11. The number of benzene rings is 1. The van der Waals surface area contributed by atoms with Gasteiger partial charge in [0.05, 0.1) is 12.6 Å². The number of carbonyl (C=O) groups is 1. The van der Waals surface area contributed by atoms with Gasteiger partial charge in [-0.3, -0.25) is 4.68 Å². The highest BCUT2D eigenvalue weighted by Crippen LogP contribution is 2.19. The van der Waals surface area contributed by atoms with Gasteiger partial charge in [0.15, 0.2) is 5.69 Å². The summed E-state index contributed by atoms with van der Waals surface area (Å²) in [5, 5.41) is 5.08. The number of para-hydroxylation sites is 1. The van der Waals surface area contributed by atoms with Crippen molar-refractivity contribution in [3.8, 4) is 0 Å². The fourth-order valence-corrected chi connectivity index (χ4v) is 2.04. The number of fused-ring (bicyclic) bond motifs is 1. The molecular weight excluding hydrogens is 256 g/mol. The number of nitrogens with zero attached hydrogens (tertiary/aromatic N) is 4. The lowest BCUT2D eigenvalue weighted by Crippen LogP contribution is -2.08. The predicted molar refractivity (Wildman–Crippen MR) is 72.2 cm³/mol. The van der Waals surface area contributed by atoms with Crippen LogP contribution in [0.2, 0.25) is 0 Å². The lowest BCUT2D eigenvalue weighted by atomic mass is 10.2. The van der Waals surface area contributed by atoms with Crippen molar-refractivity contribution in [1.29, 1.82) is 0 Å². The molecule has 0 N–H and O–H groups in total. The van der Waals surface area contributed by atoms with E-state index in [1.165, 1.54) is 7.11 Å². The molecule has 3 aromatic rings. The Morgan fingerprint density at radius 3 is 2.70 bits per heavy atom. The maximum absolute atomic E-state index is 11.8. The summed E-state index contributed by atoms with van der Waals surface area (Å²) in [4.78, 5) is 20.1. The summed E-state index contributed by atoms with van der Waals surface area (Å²) in [6, 6.07) is 9.26. The van der Waals surface area contributed by atoms with Crippen LogP contribution in [0.25, 0.3) is 10.9 Å². The van der Waals surface area contributed by atoms with Crippen LogP contribution in [0.5, 0.6) is 0 Å². The molecule has 2 aromatic heterocycles. The zero-order chi connectivity index (χ0) is 13.9. The minimum Gasteiger partial charge on any atom is -0.464 e. The Hall–Kier alpha value is -2.76. The Balaban J connectivity index is 2.09. The molecule has 0 spiro atoms. The van der Waals surface area contributed by atoms with Gasteiger partial charge in [-0.25, -0.2) is 14.8 Å². The zero-order valence-corrected chi connectivity index (χ0v) is 10.9. The Kier molecular flexibility index (Phi) is 3.12. The van der Waals surface area contributed by atoms with Crippen molar-refractivity contribution in [3.63, 3.8) is 0 Å². The molecular formula is C14H12N4O2. The van der Waals surface area contributed by atoms with Gasteiger partial charge in [-0.1, -0.05) is 18.2 Å². The van der Waals surface area contributed by atoms with Crippen LogP contribution in [0.4, 0.5) is 0 Å². The van der Waals surface area contributed by atoms with Gasteiger partial charge in [0.1, 0.15) is 12.4 Å². The summed E-state index contributed by atoms with van der Waals surface area (Å²) < 4.78 is 6.47. The zero-order valence-electron chi connectivity index (χ0n) is 10.9. The lowest BCUT2D eigenvalue weighted by molar-refractivity contribution is 0.0595. The van der Waals surface area contributed by atoms with E-state index in [0.29, 0.717) is 18.1 Å². The van der Waals surface area contributed by atoms with E-state index in [0.717, 1.165) is 10.9 Å². The van der Waals surface area contributed by atoms with Gasteiger partial charge in [0, 0.05) is 17.8 Å². The number of esters is 1. The third-order valence-corrected chi connectivity index (χ3v) is 2.95. The highest BCUT2D eigenvalue weighted by atomic mass is 16.5. The van der Waals surface area contributed by atoms with Crippen molar-refractivity contribution in [3.05, 3.63) is 54.2 Å². The molecule has 0 aliphatic carbocycles. The van der Waals surface area contributed by atoms with Gasteiger partial charge < -0.3 is 4.74 Å². The quantitative estimate of drug-likeness (QED) is 0.676. The molecule has 6 nitrogen and oxygen atoms in total. The molecule has 0 aliphatic rings. The Morgan fingerprint density at radius 1 is 1.20 bits per heavy atom. The average Bonchev–Trinajstić information content (AvgIpc) is 2.87. The van der Waals surface area contributed by atoms with Gasteiger partial charge >= 0.3 is 5.97 Å². The Bertz CT molecular complexity index is 752. The first-order valence-electron chi connectivity index (χ1n) is 6.09. The van der Waals surface area contributed by atoms with Crippen molar-refractivity contribution in [1.82, 2.24) is 19.7 Å². The van der Waals surface area contributed by atoms with E-state index in [9.17, 15) is 4.79 Å². The van der Waals surface area contributed by atoms with Crippen LogP contribution in [0.3, 0.4) is 0 Å². The molecule has 0 radical (unpaired) electrons. The molecule has 0 unspecified atom stereocenters. The van der Waals surface area contributed by atoms with Crippen LogP contribution in [-0.4, -0.2) is 32.8 Å². The summed E-state index contributed by atoms with van der Waals surface area (Å²) in [6.07, 6.45) is 3.35. The normalized spacial score (nSPS) is 10.7. The van der Waals surface area contributed by atoms with Gasteiger partial charge in [-0.15, -0.1) is 0 Å². The van der Waals surface area contributed by atoms with Crippen molar-refractivity contribution in [2.24, 2.45) is 0 Å². The second-order valence-electron chi connectivity index (χ2n) is 4.18. The van der Waals surface area contributed by atoms with Gasteiger partial charge in [0.25, 0.3) is 0 Å². The smallest absolute Gasteiger partial charge is 0.359 e. The van der Waals surface area contributed by atoms with Crippen LogP contribution >= 0.6 is 0 Å². The van der Waals surface area contributed by atoms with Crippen LogP contribution in [0.15, 0.2) is 42.7 Å². The Morgan fingerprint density at radius 2 is 1.95 bits per heavy atom. The van der Waals surface area contributed by atoms with Crippen LogP contribution < -0.4 is 0 Å². The van der Waals surface area contributed by atoms with E-state index < -0.39 is 5.97 Å². The number of ether oxygens (including phenoxy) is 1. The molecule has 3 rings (SSSR count). The molecule has 100 valence electrons. The highest BCUT2D eigenvalue weighted by Gasteiger charge is 2.17. The molecule has 1 aromatic carbocycles. The summed E-state index contributed by atoms with van der Waals surface area (Å²) in [7, 11) is 1.34. The first-order valence-corrected chi connectivity index (χ1v) is 6.09. The largest absolute Gasteiger partial charge is 0.464 e. The van der Waals surface area contributed by atoms with Crippen molar-refractivity contribution < 1.29 is 9.53 Å². The van der Waals surface area contributed by atoms with E-state index in [2.05, 4.69) is 15.1 Å².